The Morgan fingerprint density at radius 3 is 2.52 bits per heavy atom. The molecule has 2 atom stereocenters. The van der Waals surface area contributed by atoms with E-state index in [0.29, 0.717) is 12.8 Å². The average molecular weight is 368 g/mol. The van der Waals surface area contributed by atoms with Crippen molar-refractivity contribution in [3.8, 4) is 0 Å². The van der Waals surface area contributed by atoms with Gasteiger partial charge in [-0.25, -0.2) is 8.42 Å². The zero-order chi connectivity index (χ0) is 18.9. The number of aliphatic carboxylic acids is 1. The molecule has 1 heterocycles. The van der Waals surface area contributed by atoms with Crippen LogP contribution in [-0.2, 0) is 26.0 Å². The van der Waals surface area contributed by atoms with Crippen LogP contribution in [0.1, 0.15) is 39.7 Å². The quantitative estimate of drug-likeness (QED) is 0.796. The molecule has 1 aromatic carbocycles. The van der Waals surface area contributed by atoms with Crippen molar-refractivity contribution in [3.63, 3.8) is 0 Å². The second-order valence-corrected chi connectivity index (χ2v) is 8.36. The Balaban J connectivity index is 2.35. The molecule has 2 rings (SSSR count). The first-order valence-electron chi connectivity index (χ1n) is 8.28. The van der Waals surface area contributed by atoms with Crippen LogP contribution in [0.2, 0.25) is 0 Å². The fraction of sp³-hybridized carbons (Fsp3) is 0.529. The highest BCUT2D eigenvalue weighted by Crippen LogP contribution is 2.34. The Morgan fingerprint density at radius 2 is 2.00 bits per heavy atom. The Bertz CT molecular complexity index is 788. The molecule has 0 bridgehead atoms. The number of nitrogens with one attached hydrogen (secondary N) is 1. The number of hydrogen-bond acceptors (Lipinski definition) is 4. The van der Waals surface area contributed by atoms with E-state index in [1.165, 1.54) is 12.1 Å². The summed E-state index contributed by atoms with van der Waals surface area (Å²) in [6, 6.07) is 3.32. The normalized spacial score (nSPS) is 18.3. The van der Waals surface area contributed by atoms with E-state index in [4.69, 9.17) is 0 Å². The van der Waals surface area contributed by atoms with Crippen molar-refractivity contribution in [1.82, 2.24) is 4.72 Å². The van der Waals surface area contributed by atoms with E-state index < -0.39 is 22.0 Å². The van der Waals surface area contributed by atoms with E-state index in [9.17, 15) is 23.1 Å². The van der Waals surface area contributed by atoms with Crippen LogP contribution < -0.4 is 9.62 Å². The van der Waals surface area contributed by atoms with Gasteiger partial charge in [0.25, 0.3) is 0 Å². The molecular weight excluding hydrogens is 344 g/mol. The van der Waals surface area contributed by atoms with Gasteiger partial charge in [-0.15, -0.1) is 0 Å². The van der Waals surface area contributed by atoms with E-state index in [1.54, 1.807) is 31.7 Å². The Morgan fingerprint density at radius 1 is 1.36 bits per heavy atom. The molecule has 0 saturated heterocycles. The lowest BCUT2D eigenvalue weighted by Crippen LogP contribution is -2.44. The van der Waals surface area contributed by atoms with Crippen LogP contribution in [0, 0.1) is 5.92 Å². The SMILES string of the molecule is CCC(=O)N1c2ccc(S(=O)(=O)NC(C(=O)O)C(C)C)cc2CC1C. The molecule has 1 aromatic rings. The zero-order valence-electron chi connectivity index (χ0n) is 14.8. The molecule has 0 radical (unpaired) electrons. The lowest BCUT2D eigenvalue weighted by Gasteiger charge is -2.22. The predicted molar refractivity (Wildman–Crippen MR) is 94.0 cm³/mol. The summed E-state index contributed by atoms with van der Waals surface area (Å²) in [4.78, 5) is 25.1. The summed E-state index contributed by atoms with van der Waals surface area (Å²) in [6.45, 7) is 6.98. The van der Waals surface area contributed by atoms with Crippen LogP contribution >= 0.6 is 0 Å². The second-order valence-electron chi connectivity index (χ2n) is 6.64. The fourth-order valence-electron chi connectivity index (χ4n) is 3.03. The summed E-state index contributed by atoms with van der Waals surface area (Å²) in [6.07, 6.45) is 0.942. The molecular formula is C17H24N2O5S. The van der Waals surface area contributed by atoms with Gasteiger partial charge >= 0.3 is 5.97 Å². The molecule has 0 aliphatic carbocycles. The van der Waals surface area contributed by atoms with Crippen LogP contribution in [-0.4, -0.2) is 37.5 Å². The van der Waals surface area contributed by atoms with E-state index in [0.717, 1.165) is 11.3 Å². The van der Waals surface area contributed by atoms with Crippen molar-refractivity contribution < 1.29 is 23.1 Å². The molecule has 0 spiro atoms. The van der Waals surface area contributed by atoms with Gasteiger partial charge in [-0.05, 0) is 43.0 Å². The van der Waals surface area contributed by atoms with Gasteiger partial charge in [0, 0.05) is 18.2 Å². The lowest BCUT2D eigenvalue weighted by molar-refractivity contribution is -0.140. The summed E-state index contributed by atoms with van der Waals surface area (Å²) in [7, 11) is -3.97. The average Bonchev–Trinajstić information content (AvgIpc) is 2.86. The molecule has 1 aliphatic rings. The van der Waals surface area contributed by atoms with E-state index in [2.05, 4.69) is 4.72 Å². The number of sulfonamides is 1. The van der Waals surface area contributed by atoms with Gasteiger partial charge in [0.05, 0.1) is 4.90 Å². The fourth-order valence-corrected chi connectivity index (χ4v) is 4.42. The first-order valence-corrected chi connectivity index (χ1v) is 9.77. The van der Waals surface area contributed by atoms with E-state index >= 15 is 0 Å². The number of anilines is 1. The van der Waals surface area contributed by atoms with Crippen LogP contribution in [0.15, 0.2) is 23.1 Å². The minimum Gasteiger partial charge on any atom is -0.480 e. The Labute approximate surface area is 148 Å². The van der Waals surface area contributed by atoms with Crippen LogP contribution in [0.25, 0.3) is 0 Å². The standard InChI is InChI=1S/C17H24N2O5S/c1-5-15(20)19-11(4)8-12-9-13(6-7-14(12)19)25(23,24)18-16(10(2)3)17(21)22/h6-7,9-11,16,18H,5,8H2,1-4H3,(H,21,22). The molecule has 1 amide bonds. The zero-order valence-corrected chi connectivity index (χ0v) is 15.6. The van der Waals surface area contributed by atoms with Crippen molar-refractivity contribution >= 4 is 27.6 Å². The number of rotatable bonds is 6. The number of carboxylic acid groups (broad SMARTS) is 1. The Hall–Kier alpha value is -1.93. The summed E-state index contributed by atoms with van der Waals surface area (Å²) < 4.78 is 27.3. The third-order valence-electron chi connectivity index (χ3n) is 4.36. The number of hydrogen-bond donors (Lipinski definition) is 2. The maximum absolute atomic E-state index is 12.5. The highest BCUT2D eigenvalue weighted by Gasteiger charge is 2.32. The third-order valence-corrected chi connectivity index (χ3v) is 5.80. The summed E-state index contributed by atoms with van der Waals surface area (Å²) in [5.41, 5.74) is 1.49. The first-order chi connectivity index (χ1) is 11.6. The highest BCUT2D eigenvalue weighted by atomic mass is 32.2. The minimum absolute atomic E-state index is 0.00858. The third kappa shape index (κ3) is 3.85. The molecule has 8 heteroatoms. The van der Waals surface area contributed by atoms with Crippen LogP contribution in [0.5, 0.6) is 0 Å². The topological polar surface area (TPSA) is 104 Å². The molecule has 0 saturated carbocycles. The molecule has 138 valence electrons. The molecule has 1 aliphatic heterocycles. The molecule has 0 fully saturated rings. The van der Waals surface area contributed by atoms with Gasteiger partial charge in [-0.2, -0.15) is 4.72 Å². The summed E-state index contributed by atoms with van der Waals surface area (Å²) in [5.74, 6) is -1.61. The highest BCUT2D eigenvalue weighted by molar-refractivity contribution is 7.89. The summed E-state index contributed by atoms with van der Waals surface area (Å²) in [5, 5.41) is 9.20. The second kappa shape index (κ2) is 7.13. The monoisotopic (exact) mass is 368 g/mol. The van der Waals surface area contributed by atoms with Crippen molar-refractivity contribution in [2.24, 2.45) is 5.92 Å². The number of amides is 1. The lowest BCUT2D eigenvalue weighted by atomic mass is 10.1. The predicted octanol–water partition coefficient (Wildman–Crippen LogP) is 1.76. The van der Waals surface area contributed by atoms with Gasteiger partial charge in [0.1, 0.15) is 6.04 Å². The van der Waals surface area contributed by atoms with Gasteiger partial charge in [0.2, 0.25) is 15.9 Å². The maximum Gasteiger partial charge on any atom is 0.322 e. The number of carbonyl (C=O) groups is 2. The largest absolute Gasteiger partial charge is 0.480 e. The first kappa shape index (κ1) is 19.4. The number of carboxylic acids is 1. The number of fused-ring (bicyclic) bond motifs is 1. The molecule has 25 heavy (non-hydrogen) atoms. The van der Waals surface area contributed by atoms with Gasteiger partial charge in [-0.3, -0.25) is 9.59 Å². The molecule has 2 unspecified atom stereocenters. The van der Waals surface area contributed by atoms with Gasteiger partial charge in [-0.1, -0.05) is 20.8 Å². The van der Waals surface area contributed by atoms with E-state index in [1.807, 2.05) is 6.92 Å². The van der Waals surface area contributed by atoms with Gasteiger partial charge < -0.3 is 10.0 Å². The van der Waals surface area contributed by atoms with Crippen molar-refractivity contribution in [1.29, 1.82) is 0 Å². The van der Waals surface area contributed by atoms with Crippen molar-refractivity contribution in [2.75, 3.05) is 4.90 Å². The molecule has 7 nitrogen and oxygen atoms in total. The maximum atomic E-state index is 12.5. The van der Waals surface area contributed by atoms with Crippen molar-refractivity contribution in [2.45, 2.75) is 57.5 Å². The van der Waals surface area contributed by atoms with E-state index in [-0.39, 0.29) is 22.8 Å². The number of nitrogens with zero attached hydrogens (tertiary/aromatic N) is 1. The van der Waals surface area contributed by atoms with Gasteiger partial charge in [0.15, 0.2) is 0 Å². The molecule has 2 N–H and O–H groups in total. The number of benzene rings is 1. The molecule has 0 aromatic heterocycles. The smallest absolute Gasteiger partial charge is 0.322 e. The van der Waals surface area contributed by atoms with Crippen LogP contribution in [0.4, 0.5) is 5.69 Å². The van der Waals surface area contributed by atoms with Crippen LogP contribution in [0.3, 0.4) is 0 Å². The Kier molecular flexibility index (Phi) is 5.53. The number of carbonyl (C=O) groups excluding carboxylic acids is 1. The summed E-state index contributed by atoms with van der Waals surface area (Å²) >= 11 is 0. The minimum atomic E-state index is -3.97. The van der Waals surface area contributed by atoms with Crippen molar-refractivity contribution in [3.05, 3.63) is 23.8 Å².